The van der Waals surface area contributed by atoms with Gasteiger partial charge < -0.3 is 10.6 Å². The van der Waals surface area contributed by atoms with Crippen molar-refractivity contribution in [2.45, 2.75) is 13.5 Å². The van der Waals surface area contributed by atoms with E-state index in [2.05, 4.69) is 15.7 Å². The Hall–Kier alpha value is -3.66. The van der Waals surface area contributed by atoms with Crippen molar-refractivity contribution in [3.05, 3.63) is 82.1 Å². The van der Waals surface area contributed by atoms with E-state index in [1.54, 1.807) is 6.07 Å². The van der Waals surface area contributed by atoms with Gasteiger partial charge in [-0.25, -0.2) is 13.2 Å². The second-order valence-electron chi connectivity index (χ2n) is 7.01. The van der Waals surface area contributed by atoms with Crippen molar-refractivity contribution in [3.63, 3.8) is 0 Å². The second-order valence-corrected chi connectivity index (χ2v) is 8.04. The van der Waals surface area contributed by atoms with Gasteiger partial charge in [-0.2, -0.15) is 5.10 Å². The molecule has 2 heterocycles. The third kappa shape index (κ3) is 4.35. The first-order valence-corrected chi connectivity index (χ1v) is 10.4. The molecule has 0 bridgehead atoms. The van der Waals surface area contributed by atoms with Gasteiger partial charge in [-0.3, -0.25) is 14.3 Å². The summed E-state index contributed by atoms with van der Waals surface area (Å²) in [5, 5.41) is 9.91. The Labute approximate surface area is 184 Å². The van der Waals surface area contributed by atoms with Crippen molar-refractivity contribution >= 4 is 39.1 Å². The van der Waals surface area contributed by atoms with Crippen molar-refractivity contribution in [2.24, 2.45) is 0 Å². The van der Waals surface area contributed by atoms with E-state index in [1.807, 2.05) is 41.9 Å². The molecular weight excluding hydrogens is 441 g/mol. The van der Waals surface area contributed by atoms with Crippen LogP contribution in [0.5, 0.6) is 0 Å². The van der Waals surface area contributed by atoms with Crippen LogP contribution in [0.3, 0.4) is 0 Å². The number of amides is 2. The maximum absolute atomic E-state index is 13.7. The molecule has 2 amide bonds. The molecule has 0 saturated heterocycles. The Morgan fingerprint density at radius 1 is 1.06 bits per heavy atom. The number of aromatic nitrogens is 2. The summed E-state index contributed by atoms with van der Waals surface area (Å²) in [6.45, 7) is 1.93. The number of thiophene rings is 1. The number of anilines is 1. The predicted octanol–water partition coefficient (Wildman–Crippen LogP) is 4.24. The lowest BCUT2D eigenvalue weighted by Crippen LogP contribution is -2.32. The van der Waals surface area contributed by atoms with Crippen LogP contribution in [0.15, 0.2) is 48.5 Å². The van der Waals surface area contributed by atoms with E-state index in [9.17, 15) is 22.8 Å². The molecule has 0 atom stereocenters. The van der Waals surface area contributed by atoms with Crippen LogP contribution in [0.1, 0.15) is 20.9 Å². The molecule has 164 valence electrons. The molecule has 0 aliphatic carbocycles. The third-order valence-corrected chi connectivity index (χ3v) is 5.87. The highest BCUT2D eigenvalue weighted by atomic mass is 32.1. The lowest BCUT2D eigenvalue weighted by Gasteiger charge is -2.08. The highest BCUT2D eigenvalue weighted by Gasteiger charge is 2.18. The van der Waals surface area contributed by atoms with E-state index >= 15 is 0 Å². The van der Waals surface area contributed by atoms with Crippen LogP contribution >= 0.6 is 11.3 Å². The van der Waals surface area contributed by atoms with E-state index < -0.39 is 41.5 Å². The minimum Gasteiger partial charge on any atom is -0.342 e. The Bertz CT molecular complexity index is 1320. The molecule has 0 fully saturated rings. The first kappa shape index (κ1) is 21.6. The molecule has 6 nitrogen and oxygen atoms in total. The van der Waals surface area contributed by atoms with Gasteiger partial charge in [0, 0.05) is 5.39 Å². The van der Waals surface area contributed by atoms with Crippen LogP contribution < -0.4 is 10.6 Å². The fourth-order valence-corrected chi connectivity index (χ4v) is 4.23. The highest BCUT2D eigenvalue weighted by Crippen LogP contribution is 2.29. The van der Waals surface area contributed by atoms with Gasteiger partial charge in [0.15, 0.2) is 17.5 Å². The Morgan fingerprint density at radius 2 is 1.81 bits per heavy atom. The molecule has 0 radical (unpaired) electrons. The van der Waals surface area contributed by atoms with Crippen molar-refractivity contribution < 1.29 is 22.8 Å². The molecule has 0 aliphatic heterocycles. The van der Waals surface area contributed by atoms with E-state index in [0.29, 0.717) is 17.5 Å². The second kappa shape index (κ2) is 8.83. The normalized spacial score (nSPS) is 11.0. The zero-order chi connectivity index (χ0) is 22.8. The number of carbonyl (C=O) groups excluding carboxylic acids is 2. The lowest BCUT2D eigenvalue weighted by atomic mass is 10.2. The standard InChI is InChI=1S/C22H17F3N4O2S/c1-12-14-9-17(32-22(14)29(28-12)11-13-5-3-2-4-6-13)21(31)26-10-18(30)27-16-8-7-15(23)19(24)20(16)25/h2-9H,10-11H2,1H3,(H,26,31)(H,27,30). The summed E-state index contributed by atoms with van der Waals surface area (Å²) < 4.78 is 41.8. The van der Waals surface area contributed by atoms with Gasteiger partial charge in [0.1, 0.15) is 4.83 Å². The number of benzene rings is 2. The predicted molar refractivity (Wildman–Crippen MR) is 115 cm³/mol. The average Bonchev–Trinajstić information content (AvgIpc) is 3.34. The Morgan fingerprint density at radius 3 is 2.56 bits per heavy atom. The van der Waals surface area contributed by atoms with Crippen LogP contribution in [0, 0.1) is 24.4 Å². The van der Waals surface area contributed by atoms with Crippen LogP contribution in [0.4, 0.5) is 18.9 Å². The summed E-state index contributed by atoms with van der Waals surface area (Å²) >= 11 is 1.24. The molecule has 4 rings (SSSR count). The Balaban J connectivity index is 1.43. The van der Waals surface area contributed by atoms with E-state index in [0.717, 1.165) is 27.5 Å². The fraction of sp³-hybridized carbons (Fsp3) is 0.136. The third-order valence-electron chi connectivity index (χ3n) is 4.73. The molecular formula is C22H17F3N4O2S. The minimum absolute atomic E-state index is 0.383. The zero-order valence-electron chi connectivity index (χ0n) is 16.8. The summed E-state index contributed by atoms with van der Waals surface area (Å²) in [7, 11) is 0. The average molecular weight is 458 g/mol. The minimum atomic E-state index is -1.68. The van der Waals surface area contributed by atoms with Gasteiger partial charge in [-0.1, -0.05) is 30.3 Å². The molecule has 2 aromatic carbocycles. The molecule has 0 saturated carbocycles. The van der Waals surface area contributed by atoms with Crippen molar-refractivity contribution in [1.82, 2.24) is 15.1 Å². The molecule has 4 aromatic rings. The van der Waals surface area contributed by atoms with Gasteiger partial charge in [0.05, 0.1) is 29.3 Å². The van der Waals surface area contributed by atoms with Gasteiger partial charge in [0.25, 0.3) is 5.91 Å². The number of hydrogen-bond donors (Lipinski definition) is 2. The number of rotatable bonds is 6. The zero-order valence-corrected chi connectivity index (χ0v) is 17.6. The molecule has 0 spiro atoms. The number of nitrogens with one attached hydrogen (secondary N) is 2. The van der Waals surface area contributed by atoms with Crippen molar-refractivity contribution in [3.8, 4) is 0 Å². The summed E-state index contributed by atoms with van der Waals surface area (Å²) in [5.41, 5.74) is 1.33. The van der Waals surface area contributed by atoms with Gasteiger partial charge in [-0.15, -0.1) is 11.3 Å². The number of carbonyl (C=O) groups is 2. The number of halogens is 3. The van der Waals surface area contributed by atoms with E-state index in [1.165, 1.54) is 11.3 Å². The summed E-state index contributed by atoms with van der Waals surface area (Å²) in [4.78, 5) is 25.7. The monoisotopic (exact) mass is 458 g/mol. The largest absolute Gasteiger partial charge is 0.342 e. The van der Waals surface area contributed by atoms with Gasteiger partial charge in [-0.05, 0) is 30.7 Å². The fourth-order valence-electron chi connectivity index (χ4n) is 3.15. The molecule has 32 heavy (non-hydrogen) atoms. The molecule has 0 unspecified atom stereocenters. The summed E-state index contributed by atoms with van der Waals surface area (Å²) in [6.07, 6.45) is 0. The number of nitrogens with zero attached hydrogens (tertiary/aromatic N) is 2. The molecule has 0 aliphatic rings. The van der Waals surface area contributed by atoms with Crippen LogP contribution in [0.2, 0.25) is 0 Å². The Kier molecular flexibility index (Phi) is 5.95. The smallest absolute Gasteiger partial charge is 0.261 e. The van der Waals surface area contributed by atoms with Gasteiger partial charge >= 0.3 is 0 Å². The SMILES string of the molecule is Cc1nn(Cc2ccccc2)c2sc(C(=O)NCC(=O)Nc3ccc(F)c(F)c3F)cc12. The molecule has 2 N–H and O–H groups in total. The van der Waals surface area contributed by atoms with Crippen LogP contribution in [0.25, 0.3) is 10.2 Å². The number of hydrogen-bond acceptors (Lipinski definition) is 4. The number of aryl methyl sites for hydroxylation is 1. The maximum atomic E-state index is 13.7. The van der Waals surface area contributed by atoms with Gasteiger partial charge in [0.2, 0.25) is 5.91 Å². The van der Waals surface area contributed by atoms with Crippen molar-refractivity contribution in [2.75, 3.05) is 11.9 Å². The summed E-state index contributed by atoms with van der Waals surface area (Å²) in [6, 6.07) is 13.1. The van der Waals surface area contributed by atoms with Crippen molar-refractivity contribution in [1.29, 1.82) is 0 Å². The molecule has 10 heteroatoms. The van der Waals surface area contributed by atoms with Crippen LogP contribution in [-0.2, 0) is 11.3 Å². The maximum Gasteiger partial charge on any atom is 0.261 e. The first-order valence-electron chi connectivity index (χ1n) is 9.56. The van der Waals surface area contributed by atoms with Crippen LogP contribution in [-0.4, -0.2) is 28.1 Å². The molecule has 2 aromatic heterocycles. The quantitative estimate of drug-likeness (QED) is 0.425. The van der Waals surface area contributed by atoms with E-state index in [4.69, 9.17) is 0 Å². The van der Waals surface area contributed by atoms with E-state index in [-0.39, 0.29) is 0 Å². The first-order chi connectivity index (χ1) is 15.3. The number of fused-ring (bicyclic) bond motifs is 1. The lowest BCUT2D eigenvalue weighted by molar-refractivity contribution is -0.115. The summed E-state index contributed by atoms with van der Waals surface area (Å²) in [5.74, 6) is -5.82. The topological polar surface area (TPSA) is 76.0 Å². The highest BCUT2D eigenvalue weighted by molar-refractivity contribution is 7.20.